The third-order valence-corrected chi connectivity index (χ3v) is 8.06. The minimum Gasteiger partial charge on any atom is -0.263 e. The summed E-state index contributed by atoms with van der Waals surface area (Å²) in [6.45, 7) is 12.4. The van der Waals surface area contributed by atoms with E-state index in [0.29, 0.717) is 0 Å². The topological polar surface area (TPSA) is 86.7 Å². The molecule has 1 heterocycles. The van der Waals surface area contributed by atoms with E-state index in [0.717, 1.165) is 0 Å². The second-order valence-corrected chi connectivity index (χ2v) is 12.8. The van der Waals surface area contributed by atoms with Gasteiger partial charge < -0.3 is 0 Å². The maximum atomic E-state index is 12.6. The summed E-state index contributed by atoms with van der Waals surface area (Å²) in [7, 11) is -7.92. The molecule has 0 saturated carbocycles. The SMILES string of the molecule is CC1(C)CC(C)(C)OS(=O)(=O)C(C)(C)CC(C)(C)S(=O)(=O)O1. The van der Waals surface area contributed by atoms with Crippen LogP contribution in [0.3, 0.4) is 0 Å². The molecule has 1 rings (SSSR count). The van der Waals surface area contributed by atoms with E-state index >= 15 is 0 Å². The number of rotatable bonds is 0. The Labute approximate surface area is 134 Å². The lowest BCUT2D eigenvalue weighted by Gasteiger charge is -2.42. The lowest BCUT2D eigenvalue weighted by atomic mass is 9.93. The normalized spacial score (nSPS) is 32.0. The fraction of sp³-hybridized carbons (Fsp3) is 1.00. The molecule has 0 N–H and O–H groups in total. The van der Waals surface area contributed by atoms with Gasteiger partial charge in [0.2, 0.25) is 0 Å². The van der Waals surface area contributed by atoms with Gasteiger partial charge in [0.15, 0.2) is 0 Å². The number of hydrogen-bond donors (Lipinski definition) is 0. The van der Waals surface area contributed by atoms with Gasteiger partial charge in [0, 0.05) is 6.42 Å². The smallest absolute Gasteiger partial charge is 0.263 e. The Kier molecular flexibility index (Phi) is 4.66. The molecular weight excluding hydrogens is 328 g/mol. The van der Waals surface area contributed by atoms with Crippen LogP contribution in [0.2, 0.25) is 0 Å². The van der Waals surface area contributed by atoms with E-state index in [2.05, 4.69) is 0 Å². The first kappa shape index (κ1) is 19.9. The molecule has 1 saturated heterocycles. The van der Waals surface area contributed by atoms with Gasteiger partial charge in [-0.05, 0) is 61.8 Å². The van der Waals surface area contributed by atoms with Gasteiger partial charge in [-0.15, -0.1) is 0 Å². The summed E-state index contributed by atoms with van der Waals surface area (Å²) < 4.78 is 58.5. The van der Waals surface area contributed by atoms with Crippen molar-refractivity contribution < 1.29 is 25.2 Å². The van der Waals surface area contributed by atoms with Gasteiger partial charge >= 0.3 is 0 Å². The highest BCUT2D eigenvalue weighted by Gasteiger charge is 2.51. The van der Waals surface area contributed by atoms with Crippen molar-refractivity contribution in [3.05, 3.63) is 0 Å². The van der Waals surface area contributed by atoms with Crippen LogP contribution in [0.5, 0.6) is 0 Å². The van der Waals surface area contributed by atoms with E-state index < -0.39 is 40.9 Å². The second kappa shape index (κ2) is 5.16. The highest BCUT2D eigenvalue weighted by molar-refractivity contribution is 7.89. The predicted octanol–water partition coefficient (Wildman–Crippen LogP) is 2.59. The van der Waals surface area contributed by atoms with E-state index in [9.17, 15) is 16.8 Å². The second-order valence-electron chi connectivity index (χ2n) is 8.47. The lowest BCUT2D eigenvalue weighted by Crippen LogP contribution is -2.52. The average molecular weight is 357 g/mol. The molecular formula is C14H28O6S2. The van der Waals surface area contributed by atoms with Gasteiger partial charge in [-0.3, -0.25) is 8.37 Å². The molecule has 1 fully saturated rings. The van der Waals surface area contributed by atoms with E-state index in [1.165, 1.54) is 27.7 Å². The van der Waals surface area contributed by atoms with Crippen LogP contribution < -0.4 is 0 Å². The molecule has 0 aromatic carbocycles. The van der Waals surface area contributed by atoms with Crippen molar-refractivity contribution in [2.45, 2.75) is 88.9 Å². The summed E-state index contributed by atoms with van der Waals surface area (Å²) in [6.07, 6.45) is -0.0125. The Balaban J connectivity index is 3.53. The van der Waals surface area contributed by atoms with Crippen molar-refractivity contribution >= 4 is 20.2 Å². The Morgan fingerprint density at radius 1 is 0.591 bits per heavy atom. The van der Waals surface area contributed by atoms with E-state index in [1.807, 2.05) is 0 Å². The van der Waals surface area contributed by atoms with Gasteiger partial charge in [-0.1, -0.05) is 0 Å². The van der Waals surface area contributed by atoms with Crippen LogP contribution in [-0.2, 0) is 28.6 Å². The van der Waals surface area contributed by atoms with Gasteiger partial charge in [-0.25, -0.2) is 0 Å². The summed E-state index contributed by atoms with van der Waals surface area (Å²) in [4.78, 5) is 0. The van der Waals surface area contributed by atoms with Crippen LogP contribution in [0, 0.1) is 0 Å². The van der Waals surface area contributed by atoms with Crippen molar-refractivity contribution in [3.63, 3.8) is 0 Å². The Morgan fingerprint density at radius 2 is 0.864 bits per heavy atom. The molecule has 0 unspecified atom stereocenters. The monoisotopic (exact) mass is 356 g/mol. The molecule has 0 radical (unpaired) electrons. The van der Waals surface area contributed by atoms with Crippen LogP contribution in [0.15, 0.2) is 0 Å². The lowest BCUT2D eigenvalue weighted by molar-refractivity contribution is 0.00648. The maximum Gasteiger partial charge on any atom is 0.273 e. The average Bonchev–Trinajstić information content (AvgIpc) is 2.06. The van der Waals surface area contributed by atoms with Gasteiger partial charge in [0.25, 0.3) is 20.2 Å². The van der Waals surface area contributed by atoms with Crippen molar-refractivity contribution in [2.75, 3.05) is 0 Å². The van der Waals surface area contributed by atoms with Crippen LogP contribution in [-0.4, -0.2) is 37.5 Å². The first-order valence-corrected chi connectivity index (χ1v) is 10.0. The van der Waals surface area contributed by atoms with E-state index in [4.69, 9.17) is 8.37 Å². The van der Waals surface area contributed by atoms with E-state index in [1.54, 1.807) is 27.7 Å². The molecule has 0 aromatic rings. The van der Waals surface area contributed by atoms with E-state index in [-0.39, 0.29) is 12.8 Å². The Hall–Kier alpha value is -0.180. The van der Waals surface area contributed by atoms with Crippen molar-refractivity contribution in [1.29, 1.82) is 0 Å². The molecule has 0 bridgehead atoms. The molecule has 1 aliphatic heterocycles. The zero-order chi connectivity index (χ0) is 17.8. The molecule has 0 spiro atoms. The highest BCUT2D eigenvalue weighted by Crippen LogP contribution is 2.41. The fourth-order valence-corrected chi connectivity index (χ4v) is 6.03. The molecule has 6 nitrogen and oxygen atoms in total. The third kappa shape index (κ3) is 4.01. The van der Waals surface area contributed by atoms with Crippen molar-refractivity contribution in [1.82, 2.24) is 0 Å². The molecule has 22 heavy (non-hydrogen) atoms. The zero-order valence-electron chi connectivity index (χ0n) is 14.7. The first-order chi connectivity index (χ1) is 9.33. The van der Waals surface area contributed by atoms with Crippen LogP contribution in [0.4, 0.5) is 0 Å². The summed E-state index contributed by atoms with van der Waals surface area (Å²) in [5.74, 6) is 0. The summed E-state index contributed by atoms with van der Waals surface area (Å²) in [6, 6.07) is 0. The number of hydrogen-bond acceptors (Lipinski definition) is 6. The van der Waals surface area contributed by atoms with Crippen LogP contribution in [0.25, 0.3) is 0 Å². The van der Waals surface area contributed by atoms with Gasteiger partial charge in [-0.2, -0.15) is 16.8 Å². The summed E-state index contributed by atoms with van der Waals surface area (Å²) in [5, 5.41) is 0. The zero-order valence-corrected chi connectivity index (χ0v) is 16.3. The van der Waals surface area contributed by atoms with Crippen LogP contribution >= 0.6 is 0 Å². The standard InChI is InChI=1S/C14H28O6S2/c1-11(2)9-12(3,4)20-22(17,18)14(7,8)10-13(5,6)21(15,16)19-11/h9-10H2,1-8H3. The molecule has 0 amide bonds. The van der Waals surface area contributed by atoms with Crippen LogP contribution in [0.1, 0.15) is 68.2 Å². The predicted molar refractivity (Wildman–Crippen MR) is 85.6 cm³/mol. The molecule has 0 atom stereocenters. The van der Waals surface area contributed by atoms with Crippen molar-refractivity contribution in [2.24, 2.45) is 0 Å². The molecule has 8 heteroatoms. The fourth-order valence-electron chi connectivity index (χ4n) is 3.11. The quantitative estimate of drug-likeness (QED) is 0.620. The summed E-state index contributed by atoms with van der Waals surface area (Å²) in [5.41, 5.74) is -2.15. The molecule has 132 valence electrons. The molecule has 0 aromatic heterocycles. The summed E-state index contributed by atoms with van der Waals surface area (Å²) >= 11 is 0. The molecule has 0 aliphatic carbocycles. The largest absolute Gasteiger partial charge is 0.273 e. The van der Waals surface area contributed by atoms with Crippen molar-refractivity contribution in [3.8, 4) is 0 Å². The first-order valence-electron chi connectivity index (χ1n) is 7.23. The minimum absolute atomic E-state index is 0.116. The minimum atomic E-state index is -3.96. The van der Waals surface area contributed by atoms with Gasteiger partial charge in [0.1, 0.15) is 0 Å². The van der Waals surface area contributed by atoms with Gasteiger partial charge in [0.05, 0.1) is 20.7 Å². The Morgan fingerprint density at radius 3 is 1.14 bits per heavy atom. The highest BCUT2D eigenvalue weighted by atomic mass is 32.2. The molecule has 1 aliphatic rings. The Bertz CT molecular complexity index is 583. The maximum absolute atomic E-state index is 12.6. The third-order valence-electron chi connectivity index (χ3n) is 3.73.